The lowest BCUT2D eigenvalue weighted by Gasteiger charge is -2.34. The molecule has 58 heavy (non-hydrogen) atoms. The summed E-state index contributed by atoms with van der Waals surface area (Å²) in [6.45, 7) is 3.60. The van der Waals surface area contributed by atoms with E-state index in [1.807, 2.05) is 36.4 Å². The fourth-order valence-corrected chi connectivity index (χ4v) is 10.3. The molecular formula is C41H47F2N7O7S. The molecule has 4 fully saturated rings. The Hall–Kier alpha value is -5.00. The second-order valence-electron chi connectivity index (χ2n) is 16.0. The van der Waals surface area contributed by atoms with Crippen molar-refractivity contribution in [3.05, 3.63) is 82.3 Å². The molecule has 308 valence electrons. The number of imide groups is 1. The van der Waals surface area contributed by atoms with Crippen LogP contribution < -0.4 is 25.8 Å². The number of nitrogens with zero attached hydrogens (tertiary/aromatic N) is 5. The first-order valence-electron chi connectivity index (χ1n) is 19.9. The molecule has 0 spiro atoms. The lowest BCUT2D eigenvalue weighted by molar-refractivity contribution is -0.134. The molecule has 0 radical (unpaired) electrons. The molecule has 1 aliphatic carbocycles. The molecule has 4 aliphatic rings. The second kappa shape index (κ2) is 16.0. The molecule has 3 aliphatic heterocycles. The van der Waals surface area contributed by atoms with Gasteiger partial charge in [-0.3, -0.25) is 24.3 Å². The SMILES string of the molecule is C[C@@]1(O)CCC[C@H]1n1c(=O)c(C(F)F)cc2cnc(NC3CCN(S(=O)(=O)c4ccc(N5CCC(Oc6ccc(C7CCC(=O)NC7=O)cc6)CC5)cc4)CC3)nc21. The van der Waals surface area contributed by atoms with Gasteiger partial charge in [0, 0.05) is 68.8 Å². The first-order chi connectivity index (χ1) is 27.8. The van der Waals surface area contributed by atoms with Crippen molar-refractivity contribution < 1.29 is 36.6 Å². The average Bonchev–Trinajstić information content (AvgIpc) is 3.56. The Morgan fingerprint density at radius 2 is 1.66 bits per heavy atom. The van der Waals surface area contributed by atoms with E-state index >= 15 is 0 Å². The van der Waals surface area contributed by atoms with E-state index < -0.39 is 39.2 Å². The van der Waals surface area contributed by atoms with Crippen LogP contribution in [0.15, 0.2) is 70.5 Å². The number of carbonyl (C=O) groups excluding carboxylic acids is 2. The molecule has 2 aromatic heterocycles. The predicted octanol–water partition coefficient (Wildman–Crippen LogP) is 5.04. The number of halogens is 2. The van der Waals surface area contributed by atoms with Crippen LogP contribution in [0.2, 0.25) is 0 Å². The molecule has 3 atom stereocenters. The van der Waals surface area contributed by atoms with Crippen molar-refractivity contribution in [2.24, 2.45) is 0 Å². The highest BCUT2D eigenvalue weighted by atomic mass is 32.2. The summed E-state index contributed by atoms with van der Waals surface area (Å²) >= 11 is 0. The molecule has 2 aromatic carbocycles. The maximum absolute atomic E-state index is 13.9. The van der Waals surface area contributed by atoms with E-state index in [-0.39, 0.29) is 64.8 Å². The maximum atomic E-state index is 13.9. The van der Waals surface area contributed by atoms with E-state index in [0.29, 0.717) is 44.9 Å². The van der Waals surface area contributed by atoms with Crippen LogP contribution >= 0.6 is 0 Å². The molecule has 8 rings (SSSR count). The van der Waals surface area contributed by atoms with Crippen molar-refractivity contribution in [2.75, 3.05) is 36.4 Å². The van der Waals surface area contributed by atoms with Crippen LogP contribution in [0, 0.1) is 0 Å². The molecule has 1 saturated carbocycles. The number of hydrogen-bond acceptors (Lipinski definition) is 11. The summed E-state index contributed by atoms with van der Waals surface area (Å²) in [4.78, 5) is 48.3. The number of nitrogens with one attached hydrogen (secondary N) is 2. The van der Waals surface area contributed by atoms with Gasteiger partial charge in [-0.15, -0.1) is 0 Å². The van der Waals surface area contributed by atoms with Gasteiger partial charge in [-0.25, -0.2) is 22.2 Å². The van der Waals surface area contributed by atoms with Crippen LogP contribution in [0.4, 0.5) is 20.4 Å². The summed E-state index contributed by atoms with van der Waals surface area (Å²) in [7, 11) is -3.76. The minimum Gasteiger partial charge on any atom is -0.490 e. The molecule has 3 N–H and O–H groups in total. The zero-order valence-electron chi connectivity index (χ0n) is 32.1. The highest BCUT2D eigenvalue weighted by Crippen LogP contribution is 2.40. The van der Waals surface area contributed by atoms with Gasteiger partial charge >= 0.3 is 0 Å². The normalized spacial score (nSPS) is 24.1. The zero-order chi connectivity index (χ0) is 40.8. The third kappa shape index (κ3) is 8.03. The first kappa shape index (κ1) is 39.8. The number of carbonyl (C=O) groups is 2. The third-order valence-corrected chi connectivity index (χ3v) is 14.0. The number of fused-ring (bicyclic) bond motifs is 1. The Morgan fingerprint density at radius 3 is 2.29 bits per heavy atom. The van der Waals surface area contributed by atoms with Gasteiger partial charge in [0.05, 0.1) is 28.0 Å². The second-order valence-corrected chi connectivity index (χ2v) is 17.9. The number of pyridine rings is 1. The molecule has 1 unspecified atom stereocenters. The van der Waals surface area contributed by atoms with Crippen molar-refractivity contribution >= 4 is 44.5 Å². The van der Waals surface area contributed by atoms with E-state index in [4.69, 9.17) is 4.74 Å². The van der Waals surface area contributed by atoms with E-state index in [9.17, 15) is 36.7 Å². The van der Waals surface area contributed by atoms with Crippen LogP contribution in [-0.2, 0) is 19.6 Å². The molecular weight excluding hydrogens is 773 g/mol. The summed E-state index contributed by atoms with van der Waals surface area (Å²) in [5.41, 5.74) is -0.859. The fourth-order valence-electron chi connectivity index (χ4n) is 8.81. The van der Waals surface area contributed by atoms with Gasteiger partial charge in [0.25, 0.3) is 12.0 Å². The van der Waals surface area contributed by atoms with Gasteiger partial charge in [0.2, 0.25) is 27.8 Å². The van der Waals surface area contributed by atoms with Crippen molar-refractivity contribution in [1.29, 1.82) is 0 Å². The fraction of sp³-hybridized carbons (Fsp3) is 0.488. The summed E-state index contributed by atoms with van der Waals surface area (Å²) in [5, 5.41) is 16.9. The molecule has 2 amide bonds. The number of aromatic nitrogens is 3. The summed E-state index contributed by atoms with van der Waals surface area (Å²) < 4.78 is 64.0. The number of anilines is 2. The van der Waals surface area contributed by atoms with Gasteiger partial charge in [-0.1, -0.05) is 12.1 Å². The lowest BCUT2D eigenvalue weighted by Crippen LogP contribution is -2.42. The number of aliphatic hydroxyl groups is 1. The number of ether oxygens (including phenoxy) is 1. The van der Waals surface area contributed by atoms with Crippen molar-refractivity contribution in [3.8, 4) is 5.75 Å². The molecule has 0 bridgehead atoms. The number of piperidine rings is 3. The minimum absolute atomic E-state index is 0.0142. The van der Waals surface area contributed by atoms with Crippen molar-refractivity contribution in [2.45, 2.75) is 106 Å². The van der Waals surface area contributed by atoms with Gasteiger partial charge in [-0.2, -0.15) is 9.29 Å². The van der Waals surface area contributed by atoms with Gasteiger partial charge in [0.15, 0.2) is 0 Å². The molecule has 17 heteroatoms. The lowest BCUT2D eigenvalue weighted by atomic mass is 9.90. The molecule has 3 saturated heterocycles. The number of sulfonamides is 1. The number of benzene rings is 2. The Morgan fingerprint density at radius 1 is 0.948 bits per heavy atom. The minimum atomic E-state index is -3.76. The number of rotatable bonds is 10. The van der Waals surface area contributed by atoms with E-state index in [0.717, 1.165) is 49.0 Å². The average molecular weight is 820 g/mol. The highest BCUT2D eigenvalue weighted by Gasteiger charge is 2.40. The monoisotopic (exact) mass is 819 g/mol. The van der Waals surface area contributed by atoms with Gasteiger partial charge in [-0.05, 0) is 93.5 Å². The molecule has 14 nitrogen and oxygen atoms in total. The maximum Gasteiger partial charge on any atom is 0.269 e. The smallest absolute Gasteiger partial charge is 0.269 e. The quantitative estimate of drug-likeness (QED) is 0.183. The summed E-state index contributed by atoms with van der Waals surface area (Å²) in [6, 6.07) is 14.7. The Kier molecular flexibility index (Phi) is 11.0. The summed E-state index contributed by atoms with van der Waals surface area (Å²) in [5.74, 6) is 0.0708. The van der Waals surface area contributed by atoms with E-state index in [2.05, 4.69) is 25.5 Å². The molecule has 5 heterocycles. The van der Waals surface area contributed by atoms with E-state index in [1.165, 1.54) is 15.1 Å². The predicted molar refractivity (Wildman–Crippen MR) is 212 cm³/mol. The standard InChI is InChI=1S/C41H47F2N7O7S/c1-41(54)18-2-3-34(41)50-37-26(23-33(36(42)43)39(50)53)24-44-40(47-37)45-27-14-21-49(22-15-27)58(55,56)31-10-6-28(7-11-31)48-19-16-30(17-20-48)57-29-8-4-25(5-9-29)32-12-13-35(51)46-38(32)52/h4-11,23-24,27,30,32,34,36,54H,2-3,12-22H2,1H3,(H,44,45,47)(H,46,51,52)/t32?,34-,41-/m1/s1. The number of amides is 2. The topological polar surface area (TPSA) is 176 Å². The van der Waals surface area contributed by atoms with Crippen LogP contribution in [-0.4, -0.2) is 88.1 Å². The van der Waals surface area contributed by atoms with Crippen LogP contribution in [0.3, 0.4) is 0 Å². The van der Waals surface area contributed by atoms with Gasteiger partial charge in [0.1, 0.15) is 17.5 Å². The third-order valence-electron chi connectivity index (χ3n) is 12.1. The first-order valence-corrected chi connectivity index (χ1v) is 21.4. The molecule has 4 aromatic rings. The van der Waals surface area contributed by atoms with Crippen LogP contribution in [0.5, 0.6) is 5.75 Å². The summed E-state index contributed by atoms with van der Waals surface area (Å²) in [6.07, 6.45) is 3.24. The number of alkyl halides is 2. The van der Waals surface area contributed by atoms with Crippen molar-refractivity contribution in [3.63, 3.8) is 0 Å². The number of hydrogen-bond donors (Lipinski definition) is 3. The van der Waals surface area contributed by atoms with Gasteiger partial charge < -0.3 is 20.1 Å². The van der Waals surface area contributed by atoms with Crippen LogP contribution in [0.1, 0.15) is 94.2 Å². The Balaban J connectivity index is 0.849. The highest BCUT2D eigenvalue weighted by molar-refractivity contribution is 7.89. The van der Waals surface area contributed by atoms with E-state index in [1.54, 1.807) is 19.1 Å². The largest absolute Gasteiger partial charge is 0.490 e. The van der Waals surface area contributed by atoms with Crippen LogP contribution in [0.25, 0.3) is 11.0 Å². The van der Waals surface area contributed by atoms with Crippen molar-refractivity contribution in [1.82, 2.24) is 24.2 Å². The zero-order valence-corrected chi connectivity index (χ0v) is 33.0. The Bertz CT molecular complexity index is 2340. The Labute approximate surface area is 334 Å².